The van der Waals surface area contributed by atoms with E-state index in [2.05, 4.69) is 32.0 Å². The standard InChI is InChI=1S/C6H5IN2S/c1-4-5(7)9-2-3-10-6(9)8-4/h2-3H,1H3. The fourth-order valence-electron chi connectivity index (χ4n) is 0.866. The highest BCUT2D eigenvalue weighted by atomic mass is 127. The van der Waals surface area contributed by atoms with Crippen molar-refractivity contribution in [3.63, 3.8) is 0 Å². The maximum Gasteiger partial charge on any atom is 0.194 e. The number of fused-ring (bicyclic) bond motifs is 1. The van der Waals surface area contributed by atoms with Crippen LogP contribution in [0.25, 0.3) is 4.96 Å². The molecule has 0 spiro atoms. The molecule has 0 N–H and O–H groups in total. The first kappa shape index (κ1) is 6.60. The van der Waals surface area contributed by atoms with Crippen molar-refractivity contribution in [3.05, 3.63) is 21.0 Å². The highest BCUT2D eigenvalue weighted by Crippen LogP contribution is 2.17. The van der Waals surface area contributed by atoms with Gasteiger partial charge in [0.15, 0.2) is 4.96 Å². The molecular formula is C6H5IN2S. The minimum atomic E-state index is 1.09. The van der Waals surface area contributed by atoms with Crippen molar-refractivity contribution in [2.24, 2.45) is 0 Å². The number of hydrogen-bond donors (Lipinski definition) is 0. The molecule has 2 rings (SSSR count). The van der Waals surface area contributed by atoms with Gasteiger partial charge in [-0.2, -0.15) is 0 Å². The monoisotopic (exact) mass is 264 g/mol. The van der Waals surface area contributed by atoms with Gasteiger partial charge in [-0.25, -0.2) is 4.98 Å². The van der Waals surface area contributed by atoms with Gasteiger partial charge in [-0.05, 0) is 29.5 Å². The Labute approximate surface area is 76.0 Å². The zero-order valence-electron chi connectivity index (χ0n) is 5.34. The van der Waals surface area contributed by atoms with Crippen LogP contribution in [-0.4, -0.2) is 9.38 Å². The molecule has 0 aliphatic carbocycles. The van der Waals surface area contributed by atoms with Gasteiger partial charge in [0.25, 0.3) is 0 Å². The van der Waals surface area contributed by atoms with Gasteiger partial charge in [-0.15, -0.1) is 11.3 Å². The largest absolute Gasteiger partial charge is 0.285 e. The van der Waals surface area contributed by atoms with Gasteiger partial charge in [0.1, 0.15) is 3.70 Å². The number of imidazole rings is 1. The van der Waals surface area contributed by atoms with Crippen LogP contribution in [0.4, 0.5) is 0 Å². The molecule has 0 radical (unpaired) electrons. The van der Waals surface area contributed by atoms with Crippen molar-refractivity contribution in [2.45, 2.75) is 6.92 Å². The first-order valence-corrected chi connectivity index (χ1v) is 4.82. The molecule has 0 bridgehead atoms. The van der Waals surface area contributed by atoms with E-state index in [1.807, 2.05) is 18.5 Å². The van der Waals surface area contributed by atoms with Crippen molar-refractivity contribution in [1.29, 1.82) is 0 Å². The number of nitrogens with zero attached hydrogens (tertiary/aromatic N) is 2. The second-order valence-electron chi connectivity index (χ2n) is 2.04. The Bertz CT molecular complexity index is 363. The number of rotatable bonds is 0. The third kappa shape index (κ3) is 0.784. The van der Waals surface area contributed by atoms with Crippen LogP contribution in [-0.2, 0) is 0 Å². The third-order valence-corrected chi connectivity index (χ3v) is 3.42. The molecule has 0 amide bonds. The lowest BCUT2D eigenvalue weighted by molar-refractivity contribution is 1.17. The molecule has 2 aromatic heterocycles. The molecule has 2 heterocycles. The number of aryl methyl sites for hydroxylation is 1. The third-order valence-electron chi connectivity index (χ3n) is 1.36. The topological polar surface area (TPSA) is 17.3 Å². The smallest absolute Gasteiger partial charge is 0.194 e. The molecule has 0 aliphatic heterocycles. The summed E-state index contributed by atoms with van der Waals surface area (Å²) in [6.07, 6.45) is 2.04. The van der Waals surface area contributed by atoms with Crippen LogP contribution in [0.2, 0.25) is 0 Å². The Morgan fingerprint density at radius 2 is 2.50 bits per heavy atom. The van der Waals surface area contributed by atoms with E-state index in [9.17, 15) is 0 Å². The van der Waals surface area contributed by atoms with Crippen LogP contribution < -0.4 is 0 Å². The lowest BCUT2D eigenvalue weighted by atomic mass is 10.6. The average molecular weight is 264 g/mol. The van der Waals surface area contributed by atoms with Crippen molar-refractivity contribution in [1.82, 2.24) is 9.38 Å². The number of hydrogen-bond acceptors (Lipinski definition) is 2. The minimum absolute atomic E-state index is 1.09. The molecule has 10 heavy (non-hydrogen) atoms. The quantitative estimate of drug-likeness (QED) is 0.667. The average Bonchev–Trinajstić information content (AvgIpc) is 2.41. The molecule has 2 aromatic rings. The Balaban J connectivity index is 2.95. The van der Waals surface area contributed by atoms with E-state index >= 15 is 0 Å². The van der Waals surface area contributed by atoms with Gasteiger partial charge < -0.3 is 0 Å². The molecule has 0 aromatic carbocycles. The first-order chi connectivity index (χ1) is 4.79. The number of halogens is 1. The summed E-state index contributed by atoms with van der Waals surface area (Å²) in [6.45, 7) is 2.03. The zero-order chi connectivity index (χ0) is 7.14. The summed E-state index contributed by atoms with van der Waals surface area (Å²) in [7, 11) is 0. The maximum atomic E-state index is 4.35. The van der Waals surface area contributed by atoms with E-state index in [0.29, 0.717) is 0 Å². The molecule has 0 unspecified atom stereocenters. The molecule has 4 heteroatoms. The first-order valence-electron chi connectivity index (χ1n) is 2.86. The number of aromatic nitrogens is 2. The summed E-state index contributed by atoms with van der Waals surface area (Å²) in [5, 5.41) is 2.05. The predicted molar refractivity (Wildman–Crippen MR) is 50.5 cm³/mol. The molecular weight excluding hydrogens is 259 g/mol. The van der Waals surface area contributed by atoms with E-state index in [0.717, 1.165) is 10.7 Å². The molecule has 0 saturated carbocycles. The fraction of sp³-hybridized carbons (Fsp3) is 0.167. The fourth-order valence-corrected chi connectivity index (χ4v) is 2.30. The van der Waals surface area contributed by atoms with Gasteiger partial charge in [0.2, 0.25) is 0 Å². The van der Waals surface area contributed by atoms with Gasteiger partial charge in [-0.1, -0.05) is 0 Å². The molecule has 0 aliphatic rings. The summed E-state index contributed by atoms with van der Waals surface area (Å²) >= 11 is 3.97. The second-order valence-corrected chi connectivity index (χ2v) is 3.94. The van der Waals surface area contributed by atoms with Gasteiger partial charge in [0, 0.05) is 11.6 Å². The van der Waals surface area contributed by atoms with E-state index in [1.54, 1.807) is 11.3 Å². The predicted octanol–water partition coefficient (Wildman–Crippen LogP) is 2.31. The lowest BCUT2D eigenvalue weighted by Gasteiger charge is -1.83. The Hall–Kier alpha value is -0.100. The van der Waals surface area contributed by atoms with Crippen LogP contribution >= 0.6 is 33.9 Å². The van der Waals surface area contributed by atoms with E-state index < -0.39 is 0 Å². The summed E-state index contributed by atoms with van der Waals surface area (Å²) < 4.78 is 3.31. The zero-order valence-corrected chi connectivity index (χ0v) is 8.31. The molecule has 0 fully saturated rings. The van der Waals surface area contributed by atoms with E-state index in [-0.39, 0.29) is 0 Å². The van der Waals surface area contributed by atoms with Crippen LogP contribution in [0, 0.1) is 10.6 Å². The van der Waals surface area contributed by atoms with Crippen molar-refractivity contribution in [3.8, 4) is 0 Å². The molecule has 2 nitrogen and oxygen atoms in total. The van der Waals surface area contributed by atoms with Crippen LogP contribution in [0.5, 0.6) is 0 Å². The maximum absolute atomic E-state index is 4.35. The van der Waals surface area contributed by atoms with Crippen molar-refractivity contribution in [2.75, 3.05) is 0 Å². The highest BCUT2D eigenvalue weighted by molar-refractivity contribution is 14.1. The second kappa shape index (κ2) is 2.20. The van der Waals surface area contributed by atoms with Gasteiger partial charge >= 0.3 is 0 Å². The summed E-state index contributed by atoms with van der Waals surface area (Å²) in [4.78, 5) is 5.43. The summed E-state index contributed by atoms with van der Waals surface area (Å²) in [6, 6.07) is 0. The molecule has 0 saturated heterocycles. The van der Waals surface area contributed by atoms with Crippen LogP contribution in [0.3, 0.4) is 0 Å². The molecule has 0 atom stereocenters. The summed E-state index contributed by atoms with van der Waals surface area (Å²) in [5.74, 6) is 0. The van der Waals surface area contributed by atoms with Crippen molar-refractivity contribution < 1.29 is 0 Å². The Morgan fingerprint density at radius 1 is 1.70 bits per heavy atom. The SMILES string of the molecule is Cc1nc2sccn2c1I. The summed E-state index contributed by atoms with van der Waals surface area (Å²) in [5.41, 5.74) is 1.12. The number of thiazole rings is 1. The van der Waals surface area contributed by atoms with E-state index in [4.69, 9.17) is 0 Å². The van der Waals surface area contributed by atoms with Gasteiger partial charge in [0.05, 0.1) is 5.69 Å². The van der Waals surface area contributed by atoms with E-state index in [1.165, 1.54) is 3.70 Å². The lowest BCUT2D eigenvalue weighted by Crippen LogP contribution is -1.79. The van der Waals surface area contributed by atoms with Crippen molar-refractivity contribution >= 4 is 38.9 Å². The van der Waals surface area contributed by atoms with Crippen LogP contribution in [0.1, 0.15) is 5.69 Å². The van der Waals surface area contributed by atoms with Gasteiger partial charge in [-0.3, -0.25) is 4.40 Å². The Morgan fingerprint density at radius 3 is 3.20 bits per heavy atom. The highest BCUT2D eigenvalue weighted by Gasteiger charge is 2.04. The van der Waals surface area contributed by atoms with Crippen LogP contribution in [0.15, 0.2) is 11.6 Å². The minimum Gasteiger partial charge on any atom is -0.285 e. The normalized spacial score (nSPS) is 11.0. The Kier molecular flexibility index (Phi) is 1.45. The molecule has 52 valence electrons.